The number of nitrogens with one attached hydrogen (secondary N) is 2. The summed E-state index contributed by atoms with van der Waals surface area (Å²) in [5, 5.41) is 6.41. The molecule has 9 nitrogen and oxygen atoms in total. The lowest BCUT2D eigenvalue weighted by Crippen LogP contribution is -2.42. The number of rotatable bonds is 7. The molecule has 2 aromatic rings. The monoisotopic (exact) mass is 386 g/mol. The maximum absolute atomic E-state index is 11.8. The maximum atomic E-state index is 11.8. The Kier molecular flexibility index (Phi) is 6.15. The number of anilines is 3. The van der Waals surface area contributed by atoms with Crippen LogP contribution in [0.2, 0.25) is 0 Å². The number of benzene rings is 1. The molecule has 1 aromatic carbocycles. The van der Waals surface area contributed by atoms with E-state index in [9.17, 15) is 4.79 Å². The van der Waals surface area contributed by atoms with Crippen molar-refractivity contribution >= 4 is 23.2 Å². The lowest BCUT2D eigenvalue weighted by atomic mass is 9.91. The largest absolute Gasteiger partial charge is 0.497 e. The number of primary amides is 1. The third-order valence-corrected chi connectivity index (χ3v) is 4.77. The minimum atomic E-state index is -0.675. The number of amides is 1. The predicted molar refractivity (Wildman–Crippen MR) is 107 cm³/mol. The van der Waals surface area contributed by atoms with Gasteiger partial charge in [0.25, 0.3) is 5.91 Å². The van der Waals surface area contributed by atoms with Crippen molar-refractivity contribution in [3.63, 3.8) is 0 Å². The highest BCUT2D eigenvalue weighted by Crippen LogP contribution is 2.29. The van der Waals surface area contributed by atoms with E-state index in [0.29, 0.717) is 23.0 Å². The van der Waals surface area contributed by atoms with Crippen molar-refractivity contribution in [2.24, 2.45) is 11.5 Å². The van der Waals surface area contributed by atoms with Crippen molar-refractivity contribution in [1.82, 2.24) is 9.97 Å². The Bertz CT molecular complexity index is 822. The molecule has 9 heteroatoms. The van der Waals surface area contributed by atoms with Crippen LogP contribution in [0.25, 0.3) is 0 Å². The van der Waals surface area contributed by atoms with Crippen molar-refractivity contribution in [3.8, 4) is 11.5 Å². The molecular formula is C19H26N6O3. The van der Waals surface area contributed by atoms with Gasteiger partial charge >= 0.3 is 0 Å². The van der Waals surface area contributed by atoms with Gasteiger partial charge in [-0.2, -0.15) is 0 Å². The fourth-order valence-corrected chi connectivity index (χ4v) is 3.27. The van der Waals surface area contributed by atoms with Gasteiger partial charge in [-0.3, -0.25) is 4.79 Å². The van der Waals surface area contributed by atoms with Gasteiger partial charge in [-0.25, -0.2) is 9.97 Å². The Morgan fingerprint density at radius 3 is 2.43 bits per heavy atom. The minimum Gasteiger partial charge on any atom is -0.497 e. The molecule has 0 bridgehead atoms. The molecular weight excluding hydrogens is 360 g/mol. The maximum Gasteiger partial charge on any atom is 0.271 e. The van der Waals surface area contributed by atoms with E-state index < -0.39 is 5.91 Å². The Morgan fingerprint density at radius 2 is 1.82 bits per heavy atom. The van der Waals surface area contributed by atoms with Gasteiger partial charge in [0, 0.05) is 36.0 Å². The molecule has 0 saturated heterocycles. The van der Waals surface area contributed by atoms with Crippen LogP contribution in [-0.4, -0.2) is 42.2 Å². The van der Waals surface area contributed by atoms with E-state index in [2.05, 4.69) is 20.6 Å². The molecule has 6 N–H and O–H groups in total. The summed E-state index contributed by atoms with van der Waals surface area (Å²) in [6, 6.07) is 5.43. The lowest BCUT2D eigenvalue weighted by molar-refractivity contribution is 0.0996. The first-order valence-electron chi connectivity index (χ1n) is 9.19. The molecule has 28 heavy (non-hydrogen) atoms. The summed E-state index contributed by atoms with van der Waals surface area (Å²) >= 11 is 0. The first kappa shape index (κ1) is 19.7. The molecule has 0 radical (unpaired) electrons. The smallest absolute Gasteiger partial charge is 0.271 e. The van der Waals surface area contributed by atoms with Gasteiger partial charge in [0.1, 0.15) is 17.3 Å². The summed E-state index contributed by atoms with van der Waals surface area (Å²) < 4.78 is 10.5. The van der Waals surface area contributed by atoms with E-state index in [1.807, 2.05) is 0 Å². The molecule has 1 fully saturated rings. The number of nitrogens with two attached hydrogens (primary N) is 2. The number of ether oxygens (including phenoxy) is 2. The van der Waals surface area contributed by atoms with Crippen LogP contribution in [0.5, 0.6) is 11.5 Å². The number of hydrogen-bond donors (Lipinski definition) is 4. The lowest BCUT2D eigenvalue weighted by Gasteiger charge is -2.29. The zero-order valence-electron chi connectivity index (χ0n) is 16.1. The summed E-state index contributed by atoms with van der Waals surface area (Å²) in [4.78, 5) is 20.5. The number of aromatic nitrogens is 2. The number of carbonyl (C=O) groups excluding carboxylic acids is 1. The zero-order chi connectivity index (χ0) is 20.1. The van der Waals surface area contributed by atoms with Gasteiger partial charge in [0.2, 0.25) is 0 Å². The van der Waals surface area contributed by atoms with Crippen molar-refractivity contribution in [2.75, 3.05) is 24.9 Å². The van der Waals surface area contributed by atoms with Gasteiger partial charge < -0.3 is 31.6 Å². The van der Waals surface area contributed by atoms with E-state index in [1.165, 1.54) is 6.20 Å². The van der Waals surface area contributed by atoms with E-state index in [4.69, 9.17) is 20.9 Å². The standard InChI is InChI=1S/C19H26N6O3/c1-27-12-7-11(8-13(9-12)28-2)23-19-17(18(21)26)22-10-16(25-19)24-15-6-4-3-5-14(15)20/h7-10,14-15H,3-6,20H2,1-2H3,(H2,21,26)(H2,23,24,25)/t14-,15+/m0/s1. The first-order chi connectivity index (χ1) is 13.5. The first-order valence-corrected chi connectivity index (χ1v) is 9.19. The molecule has 1 aromatic heterocycles. The summed E-state index contributed by atoms with van der Waals surface area (Å²) in [5.74, 6) is 1.29. The molecule has 1 aliphatic rings. The van der Waals surface area contributed by atoms with E-state index in [-0.39, 0.29) is 23.6 Å². The summed E-state index contributed by atoms with van der Waals surface area (Å²) in [6.45, 7) is 0. The van der Waals surface area contributed by atoms with Crippen LogP contribution in [0.1, 0.15) is 36.2 Å². The summed E-state index contributed by atoms with van der Waals surface area (Å²) in [6.07, 6.45) is 5.69. The van der Waals surface area contributed by atoms with E-state index in [0.717, 1.165) is 25.7 Å². The van der Waals surface area contributed by atoms with Crippen LogP contribution in [-0.2, 0) is 0 Å². The molecule has 1 aliphatic carbocycles. The fourth-order valence-electron chi connectivity index (χ4n) is 3.27. The average Bonchev–Trinajstić information content (AvgIpc) is 2.69. The summed E-state index contributed by atoms with van der Waals surface area (Å²) in [5.41, 5.74) is 12.3. The number of hydrogen-bond acceptors (Lipinski definition) is 8. The SMILES string of the molecule is COc1cc(Nc2nc(N[C@@H]3CCCC[C@@H]3N)cnc2C(N)=O)cc(OC)c1. The second kappa shape index (κ2) is 8.75. The van der Waals surface area contributed by atoms with Crippen LogP contribution in [0.15, 0.2) is 24.4 Å². The van der Waals surface area contributed by atoms with Crippen LogP contribution in [0, 0.1) is 0 Å². The quantitative estimate of drug-likeness (QED) is 0.567. The minimum absolute atomic E-state index is 0.0419. The Labute approximate surface area is 163 Å². The van der Waals surface area contributed by atoms with Crippen LogP contribution < -0.4 is 31.6 Å². The van der Waals surface area contributed by atoms with Crippen LogP contribution >= 0.6 is 0 Å². The third kappa shape index (κ3) is 4.61. The Morgan fingerprint density at radius 1 is 1.14 bits per heavy atom. The molecule has 1 heterocycles. The molecule has 0 spiro atoms. The predicted octanol–water partition coefficient (Wildman–Crippen LogP) is 2.02. The van der Waals surface area contributed by atoms with Gasteiger partial charge in [-0.15, -0.1) is 0 Å². The molecule has 0 aliphatic heterocycles. The molecule has 2 atom stereocenters. The van der Waals surface area contributed by atoms with E-state index >= 15 is 0 Å². The zero-order valence-corrected chi connectivity index (χ0v) is 16.1. The molecule has 150 valence electrons. The van der Waals surface area contributed by atoms with Gasteiger partial charge in [-0.05, 0) is 12.8 Å². The normalized spacial score (nSPS) is 19.0. The number of nitrogens with zero attached hydrogens (tertiary/aromatic N) is 2. The average molecular weight is 386 g/mol. The molecule has 3 rings (SSSR count). The van der Waals surface area contributed by atoms with Crippen LogP contribution in [0.3, 0.4) is 0 Å². The summed E-state index contributed by atoms with van der Waals surface area (Å²) in [7, 11) is 3.12. The van der Waals surface area contributed by atoms with Gasteiger partial charge in [0.15, 0.2) is 11.5 Å². The Hall–Kier alpha value is -3.07. The number of methoxy groups -OCH3 is 2. The third-order valence-electron chi connectivity index (χ3n) is 4.77. The highest BCUT2D eigenvalue weighted by molar-refractivity contribution is 5.96. The van der Waals surface area contributed by atoms with Gasteiger partial charge in [0.05, 0.1) is 20.4 Å². The number of carbonyl (C=O) groups is 1. The van der Waals surface area contributed by atoms with Crippen LogP contribution in [0.4, 0.5) is 17.3 Å². The van der Waals surface area contributed by atoms with Crippen molar-refractivity contribution < 1.29 is 14.3 Å². The van der Waals surface area contributed by atoms with Crippen molar-refractivity contribution in [1.29, 1.82) is 0 Å². The second-order valence-electron chi connectivity index (χ2n) is 6.74. The second-order valence-corrected chi connectivity index (χ2v) is 6.74. The fraction of sp³-hybridized carbons (Fsp3) is 0.421. The topological polar surface area (TPSA) is 137 Å². The Balaban J connectivity index is 1.89. The van der Waals surface area contributed by atoms with Crippen molar-refractivity contribution in [3.05, 3.63) is 30.1 Å². The molecule has 1 saturated carbocycles. The van der Waals surface area contributed by atoms with Gasteiger partial charge in [-0.1, -0.05) is 12.8 Å². The molecule has 0 unspecified atom stereocenters. The molecule has 1 amide bonds. The highest BCUT2D eigenvalue weighted by Gasteiger charge is 2.23. The highest BCUT2D eigenvalue weighted by atomic mass is 16.5. The van der Waals surface area contributed by atoms with E-state index in [1.54, 1.807) is 32.4 Å². The van der Waals surface area contributed by atoms with Crippen molar-refractivity contribution in [2.45, 2.75) is 37.8 Å².